The maximum Gasteiger partial charge on any atom is 0.240 e. The molecular weight excluding hydrogens is 493 g/mol. The van der Waals surface area contributed by atoms with Crippen molar-refractivity contribution >= 4 is 44.6 Å². The Hall–Kier alpha value is -2.58. The van der Waals surface area contributed by atoms with Crippen molar-refractivity contribution in [1.29, 1.82) is 0 Å². The average molecular weight is 518 g/mol. The highest BCUT2D eigenvalue weighted by atomic mass is 35.5. The van der Waals surface area contributed by atoms with Crippen molar-refractivity contribution in [2.45, 2.75) is 31.2 Å². The smallest absolute Gasteiger partial charge is 0.240 e. The van der Waals surface area contributed by atoms with Crippen LogP contribution in [0.3, 0.4) is 0 Å². The third-order valence-corrected chi connectivity index (χ3v) is 7.41. The standard InChI is InChI=1S/C25H25Cl2N3O3S/c1-3-33-21-10-7-18(8-11-21)25-15-20(29-30(25)24-12-9-19(26)14-23(24)27)16-28-34(31,32)22-6-4-5-17(2)13-22/h4-14,25,28H,3,15-16H2,1-2H3. The summed E-state index contributed by atoms with van der Waals surface area (Å²) in [5, 5.41) is 7.56. The van der Waals surface area contributed by atoms with Crippen molar-refractivity contribution in [2.75, 3.05) is 18.2 Å². The van der Waals surface area contributed by atoms with E-state index in [0.29, 0.717) is 34.5 Å². The SMILES string of the molecule is CCOc1ccc(C2CC(CNS(=O)(=O)c3cccc(C)c3)=NN2c2ccc(Cl)cc2Cl)cc1. The van der Waals surface area contributed by atoms with Crippen LogP contribution in [0, 0.1) is 6.92 Å². The molecule has 34 heavy (non-hydrogen) atoms. The lowest BCUT2D eigenvalue weighted by molar-refractivity contribution is 0.340. The van der Waals surface area contributed by atoms with E-state index >= 15 is 0 Å². The van der Waals surface area contributed by atoms with Crippen LogP contribution < -0.4 is 14.5 Å². The van der Waals surface area contributed by atoms with Crippen molar-refractivity contribution in [1.82, 2.24) is 4.72 Å². The van der Waals surface area contributed by atoms with Crippen molar-refractivity contribution in [2.24, 2.45) is 5.10 Å². The van der Waals surface area contributed by atoms with Gasteiger partial charge in [0.05, 0.1) is 40.5 Å². The number of anilines is 1. The summed E-state index contributed by atoms with van der Waals surface area (Å²) in [5.74, 6) is 0.785. The predicted molar refractivity (Wildman–Crippen MR) is 138 cm³/mol. The molecule has 0 amide bonds. The van der Waals surface area contributed by atoms with E-state index in [4.69, 9.17) is 33.0 Å². The van der Waals surface area contributed by atoms with Crippen molar-refractivity contribution in [3.63, 3.8) is 0 Å². The number of halogens is 2. The Morgan fingerprint density at radius 2 is 1.85 bits per heavy atom. The van der Waals surface area contributed by atoms with Gasteiger partial charge in [-0.1, -0.05) is 47.5 Å². The number of hydrogen-bond acceptors (Lipinski definition) is 5. The largest absolute Gasteiger partial charge is 0.494 e. The van der Waals surface area contributed by atoms with Gasteiger partial charge in [0, 0.05) is 11.4 Å². The topological polar surface area (TPSA) is 71.0 Å². The predicted octanol–water partition coefficient (Wildman–Crippen LogP) is 5.99. The molecule has 0 fully saturated rings. The van der Waals surface area contributed by atoms with Gasteiger partial charge in [0.1, 0.15) is 5.75 Å². The monoisotopic (exact) mass is 517 g/mol. The second kappa shape index (κ2) is 10.4. The molecule has 0 saturated heterocycles. The molecule has 0 saturated carbocycles. The van der Waals surface area contributed by atoms with Crippen LogP contribution >= 0.6 is 23.2 Å². The molecule has 1 atom stereocenters. The lowest BCUT2D eigenvalue weighted by atomic mass is 10.0. The molecule has 0 radical (unpaired) electrons. The van der Waals surface area contributed by atoms with Crippen molar-refractivity contribution < 1.29 is 13.2 Å². The first-order valence-electron chi connectivity index (χ1n) is 10.9. The molecule has 1 aliphatic rings. The number of nitrogens with zero attached hydrogens (tertiary/aromatic N) is 2. The summed E-state index contributed by atoms with van der Waals surface area (Å²) < 4.78 is 33.8. The summed E-state index contributed by atoms with van der Waals surface area (Å²) >= 11 is 12.6. The number of hydrazone groups is 1. The van der Waals surface area contributed by atoms with E-state index < -0.39 is 10.0 Å². The lowest BCUT2D eigenvalue weighted by Gasteiger charge is -2.25. The highest BCUT2D eigenvalue weighted by molar-refractivity contribution is 7.89. The number of benzene rings is 3. The van der Waals surface area contributed by atoms with Crippen molar-refractivity contribution in [3.8, 4) is 5.75 Å². The first-order chi connectivity index (χ1) is 16.3. The summed E-state index contributed by atoms with van der Waals surface area (Å²) in [7, 11) is -3.67. The number of sulfonamides is 1. The Labute approximate surface area is 210 Å². The third kappa shape index (κ3) is 5.55. The quantitative estimate of drug-likeness (QED) is 0.398. The molecule has 1 heterocycles. The minimum atomic E-state index is -3.67. The molecule has 0 bridgehead atoms. The Morgan fingerprint density at radius 1 is 1.09 bits per heavy atom. The zero-order chi connectivity index (χ0) is 24.3. The second-order valence-electron chi connectivity index (χ2n) is 7.97. The number of ether oxygens (including phenoxy) is 1. The first kappa shape index (κ1) is 24.5. The number of nitrogens with one attached hydrogen (secondary N) is 1. The van der Waals surface area contributed by atoms with Gasteiger partial charge in [0.2, 0.25) is 10.0 Å². The normalized spacial score (nSPS) is 15.9. The van der Waals surface area contributed by atoms with E-state index in [1.54, 1.807) is 30.3 Å². The van der Waals surface area contributed by atoms with Gasteiger partial charge in [0.25, 0.3) is 0 Å². The van der Waals surface area contributed by atoms with Gasteiger partial charge in [-0.2, -0.15) is 5.10 Å². The number of aryl methyl sites for hydroxylation is 1. The molecule has 178 valence electrons. The second-order valence-corrected chi connectivity index (χ2v) is 10.6. The fourth-order valence-corrected chi connectivity index (χ4v) is 5.44. The van der Waals surface area contributed by atoms with E-state index in [9.17, 15) is 8.42 Å². The molecule has 0 spiro atoms. The van der Waals surface area contributed by atoms with Gasteiger partial charge in [-0.3, -0.25) is 5.01 Å². The summed E-state index contributed by atoms with van der Waals surface area (Å²) in [6.07, 6.45) is 0.531. The van der Waals surface area contributed by atoms with Crippen LogP contribution in [0.5, 0.6) is 5.75 Å². The average Bonchev–Trinajstić information content (AvgIpc) is 3.22. The Bertz CT molecular complexity index is 1310. The lowest BCUT2D eigenvalue weighted by Crippen LogP contribution is -2.29. The van der Waals surface area contributed by atoms with E-state index in [1.807, 2.05) is 55.3 Å². The molecular formula is C25H25Cl2N3O3S. The van der Waals surface area contributed by atoms with Crippen molar-refractivity contribution in [3.05, 3.63) is 87.9 Å². The van der Waals surface area contributed by atoms with Crippen LogP contribution in [0.4, 0.5) is 5.69 Å². The highest BCUT2D eigenvalue weighted by Crippen LogP contribution is 2.40. The molecule has 9 heteroatoms. The maximum atomic E-state index is 12.8. The highest BCUT2D eigenvalue weighted by Gasteiger charge is 2.31. The minimum absolute atomic E-state index is 0.0888. The Balaban J connectivity index is 1.60. The number of hydrogen-bond donors (Lipinski definition) is 1. The van der Waals surface area contributed by atoms with Crippen LogP contribution in [0.1, 0.15) is 30.5 Å². The van der Waals surface area contributed by atoms with E-state index in [2.05, 4.69) is 4.72 Å². The van der Waals surface area contributed by atoms with Gasteiger partial charge in [-0.05, 0) is 67.4 Å². The fourth-order valence-electron chi connectivity index (χ4n) is 3.82. The molecule has 1 N–H and O–H groups in total. The van der Waals surface area contributed by atoms with Crippen LogP contribution in [0.2, 0.25) is 10.0 Å². The molecule has 3 aromatic rings. The zero-order valence-electron chi connectivity index (χ0n) is 18.8. The Morgan fingerprint density at radius 3 is 2.53 bits per heavy atom. The molecule has 1 unspecified atom stereocenters. The zero-order valence-corrected chi connectivity index (χ0v) is 21.2. The van der Waals surface area contributed by atoms with E-state index in [0.717, 1.165) is 16.9 Å². The van der Waals surface area contributed by atoms with Gasteiger partial charge in [-0.15, -0.1) is 0 Å². The molecule has 0 aliphatic carbocycles. The number of rotatable bonds is 8. The summed E-state index contributed by atoms with van der Waals surface area (Å²) in [4.78, 5) is 0.228. The Kier molecular flexibility index (Phi) is 7.48. The van der Waals surface area contributed by atoms with Gasteiger partial charge < -0.3 is 4.74 Å². The third-order valence-electron chi connectivity index (χ3n) is 5.47. The minimum Gasteiger partial charge on any atom is -0.494 e. The van der Waals surface area contributed by atoms with Crippen LogP contribution in [-0.2, 0) is 10.0 Å². The van der Waals surface area contributed by atoms with Crippen LogP contribution in [-0.4, -0.2) is 27.3 Å². The van der Waals surface area contributed by atoms with Crippen LogP contribution in [0.25, 0.3) is 0 Å². The van der Waals surface area contributed by atoms with Gasteiger partial charge in [-0.25, -0.2) is 13.1 Å². The molecule has 0 aromatic heterocycles. The van der Waals surface area contributed by atoms with Gasteiger partial charge in [0.15, 0.2) is 0 Å². The summed E-state index contributed by atoms with van der Waals surface area (Å²) in [6.45, 7) is 4.47. The maximum absolute atomic E-state index is 12.8. The summed E-state index contributed by atoms with van der Waals surface area (Å²) in [5.41, 5.74) is 3.28. The molecule has 6 nitrogen and oxygen atoms in total. The van der Waals surface area contributed by atoms with E-state index in [-0.39, 0.29) is 17.5 Å². The molecule has 1 aliphatic heterocycles. The first-order valence-corrected chi connectivity index (χ1v) is 13.1. The van der Waals surface area contributed by atoms with E-state index in [1.165, 1.54) is 0 Å². The van der Waals surface area contributed by atoms with Crippen LogP contribution in [0.15, 0.2) is 76.7 Å². The van der Waals surface area contributed by atoms with Gasteiger partial charge >= 0.3 is 0 Å². The summed E-state index contributed by atoms with van der Waals surface area (Å²) in [6, 6.07) is 19.7. The molecule has 4 rings (SSSR count). The fraction of sp³-hybridized carbons (Fsp3) is 0.240. The molecule has 3 aromatic carbocycles.